The summed E-state index contributed by atoms with van der Waals surface area (Å²) in [6.07, 6.45) is 2.91. The molecule has 1 saturated heterocycles. The molecule has 0 saturated carbocycles. The van der Waals surface area contributed by atoms with Gasteiger partial charge in [0.1, 0.15) is 12.1 Å². The number of H-pyrrole nitrogens is 1. The van der Waals surface area contributed by atoms with Gasteiger partial charge in [0.25, 0.3) is 0 Å². The zero-order valence-electron chi connectivity index (χ0n) is 14.0. The van der Waals surface area contributed by atoms with E-state index in [4.69, 9.17) is 4.74 Å². The van der Waals surface area contributed by atoms with Crippen molar-refractivity contribution < 1.29 is 19.1 Å². The molecule has 2 aromatic rings. The summed E-state index contributed by atoms with van der Waals surface area (Å²) in [5.74, 6) is -0.987. The van der Waals surface area contributed by atoms with Crippen LogP contribution in [0.2, 0.25) is 0 Å². The van der Waals surface area contributed by atoms with E-state index in [1.54, 1.807) is 6.92 Å². The molecule has 132 valence electrons. The molecule has 0 bridgehead atoms. The monoisotopic (exact) mass is 343 g/mol. The van der Waals surface area contributed by atoms with Crippen LogP contribution in [-0.4, -0.2) is 41.5 Å². The Bertz CT molecular complexity index is 798. The standard InChI is InChI=1S/C18H21N3O4/c1-2-25-18(24)15(21-17(23)14-7-8-16(22)20-14)9-11-10-19-13-6-4-3-5-12(11)13/h3-6,10,14-15,19H,2,7-9H2,1H3,(H,20,22)(H,21,23)/t14-,15-/m0/s1. The predicted molar refractivity (Wildman–Crippen MR) is 91.7 cm³/mol. The van der Waals surface area contributed by atoms with Crippen molar-refractivity contribution in [1.82, 2.24) is 15.6 Å². The lowest BCUT2D eigenvalue weighted by Gasteiger charge is -2.19. The Morgan fingerprint density at radius 2 is 2.16 bits per heavy atom. The van der Waals surface area contributed by atoms with E-state index < -0.39 is 18.1 Å². The fraction of sp³-hybridized carbons (Fsp3) is 0.389. The second-order valence-corrected chi connectivity index (χ2v) is 6.04. The molecule has 2 heterocycles. The summed E-state index contributed by atoms with van der Waals surface area (Å²) in [6.45, 7) is 1.96. The number of aromatic amines is 1. The number of ether oxygens (including phenoxy) is 1. The van der Waals surface area contributed by atoms with Gasteiger partial charge in [-0.15, -0.1) is 0 Å². The fourth-order valence-corrected chi connectivity index (χ4v) is 3.04. The molecule has 1 aromatic heterocycles. The molecule has 3 N–H and O–H groups in total. The Morgan fingerprint density at radius 1 is 1.36 bits per heavy atom. The van der Waals surface area contributed by atoms with Gasteiger partial charge in [-0.05, 0) is 25.0 Å². The number of carbonyl (C=O) groups excluding carboxylic acids is 3. The number of esters is 1. The predicted octanol–water partition coefficient (Wildman–Crippen LogP) is 1.04. The van der Waals surface area contributed by atoms with Crippen molar-refractivity contribution in [3.8, 4) is 0 Å². The van der Waals surface area contributed by atoms with Gasteiger partial charge in [-0.3, -0.25) is 9.59 Å². The number of hydrogen-bond donors (Lipinski definition) is 3. The second-order valence-electron chi connectivity index (χ2n) is 6.04. The normalized spacial score (nSPS) is 18.0. The Hall–Kier alpha value is -2.83. The average molecular weight is 343 g/mol. The number of nitrogens with one attached hydrogen (secondary N) is 3. The van der Waals surface area contributed by atoms with Crippen molar-refractivity contribution in [1.29, 1.82) is 0 Å². The Kier molecular flexibility index (Phi) is 5.02. The summed E-state index contributed by atoms with van der Waals surface area (Å²) >= 11 is 0. The number of fused-ring (bicyclic) bond motifs is 1. The zero-order chi connectivity index (χ0) is 17.8. The molecule has 1 aliphatic rings. The van der Waals surface area contributed by atoms with E-state index in [1.165, 1.54) is 0 Å². The van der Waals surface area contributed by atoms with Gasteiger partial charge in [0.2, 0.25) is 11.8 Å². The molecular formula is C18H21N3O4. The first-order valence-electron chi connectivity index (χ1n) is 8.40. The largest absolute Gasteiger partial charge is 0.464 e. The van der Waals surface area contributed by atoms with Gasteiger partial charge in [-0.1, -0.05) is 18.2 Å². The minimum atomic E-state index is -0.802. The highest BCUT2D eigenvalue weighted by molar-refractivity contribution is 5.93. The fourth-order valence-electron chi connectivity index (χ4n) is 3.04. The molecule has 0 spiro atoms. The van der Waals surface area contributed by atoms with Crippen LogP contribution in [0, 0.1) is 0 Å². The number of carbonyl (C=O) groups is 3. The van der Waals surface area contributed by atoms with E-state index in [9.17, 15) is 14.4 Å². The number of para-hydroxylation sites is 1. The van der Waals surface area contributed by atoms with E-state index >= 15 is 0 Å². The molecule has 1 fully saturated rings. The van der Waals surface area contributed by atoms with E-state index in [-0.39, 0.29) is 18.4 Å². The Labute approximate surface area is 145 Å². The highest BCUT2D eigenvalue weighted by Gasteiger charge is 2.31. The third kappa shape index (κ3) is 3.81. The van der Waals surface area contributed by atoms with Crippen LogP contribution >= 0.6 is 0 Å². The van der Waals surface area contributed by atoms with Gasteiger partial charge in [0.05, 0.1) is 6.61 Å². The maximum Gasteiger partial charge on any atom is 0.328 e. The maximum atomic E-state index is 12.4. The number of hydrogen-bond acceptors (Lipinski definition) is 4. The minimum absolute atomic E-state index is 0.149. The van der Waals surface area contributed by atoms with Crippen molar-refractivity contribution in [3.63, 3.8) is 0 Å². The van der Waals surface area contributed by atoms with Crippen LogP contribution in [0.1, 0.15) is 25.3 Å². The van der Waals surface area contributed by atoms with Crippen molar-refractivity contribution in [2.75, 3.05) is 6.61 Å². The van der Waals surface area contributed by atoms with Crippen LogP contribution in [0.3, 0.4) is 0 Å². The molecule has 0 radical (unpaired) electrons. The molecule has 1 aliphatic heterocycles. The molecule has 25 heavy (non-hydrogen) atoms. The molecule has 3 rings (SSSR count). The molecule has 7 heteroatoms. The van der Waals surface area contributed by atoms with Gasteiger partial charge in [-0.2, -0.15) is 0 Å². The summed E-state index contributed by atoms with van der Waals surface area (Å²) in [5.41, 5.74) is 1.89. The van der Waals surface area contributed by atoms with Gasteiger partial charge in [0.15, 0.2) is 0 Å². The third-order valence-electron chi connectivity index (χ3n) is 4.30. The molecule has 1 aromatic carbocycles. The lowest BCUT2D eigenvalue weighted by Crippen LogP contribution is -2.50. The molecule has 0 aliphatic carbocycles. The summed E-state index contributed by atoms with van der Waals surface area (Å²) in [4.78, 5) is 39.1. The van der Waals surface area contributed by atoms with Crippen LogP contribution < -0.4 is 10.6 Å². The maximum absolute atomic E-state index is 12.4. The second kappa shape index (κ2) is 7.38. The topological polar surface area (TPSA) is 100 Å². The Morgan fingerprint density at radius 3 is 2.88 bits per heavy atom. The highest BCUT2D eigenvalue weighted by Crippen LogP contribution is 2.19. The quantitative estimate of drug-likeness (QED) is 0.682. The number of rotatable bonds is 6. The zero-order valence-corrected chi connectivity index (χ0v) is 14.0. The summed E-state index contributed by atoms with van der Waals surface area (Å²) in [7, 11) is 0. The van der Waals surface area contributed by atoms with E-state index in [1.807, 2.05) is 30.5 Å². The van der Waals surface area contributed by atoms with Gasteiger partial charge in [-0.25, -0.2) is 4.79 Å². The van der Waals surface area contributed by atoms with E-state index in [2.05, 4.69) is 15.6 Å². The molecule has 7 nitrogen and oxygen atoms in total. The van der Waals surface area contributed by atoms with Crippen molar-refractivity contribution in [3.05, 3.63) is 36.0 Å². The number of benzene rings is 1. The van der Waals surface area contributed by atoms with Crippen LogP contribution in [0.15, 0.2) is 30.5 Å². The van der Waals surface area contributed by atoms with Crippen molar-refractivity contribution in [2.24, 2.45) is 0 Å². The minimum Gasteiger partial charge on any atom is -0.464 e. The summed E-state index contributed by atoms with van der Waals surface area (Å²) in [5, 5.41) is 6.33. The van der Waals surface area contributed by atoms with Crippen molar-refractivity contribution in [2.45, 2.75) is 38.3 Å². The first kappa shape index (κ1) is 17.0. The van der Waals surface area contributed by atoms with E-state index in [0.29, 0.717) is 19.3 Å². The van der Waals surface area contributed by atoms with Crippen LogP contribution in [0.25, 0.3) is 10.9 Å². The van der Waals surface area contributed by atoms with Gasteiger partial charge in [0, 0.05) is 29.9 Å². The Balaban J connectivity index is 1.76. The summed E-state index contributed by atoms with van der Waals surface area (Å²) < 4.78 is 5.10. The third-order valence-corrected chi connectivity index (χ3v) is 4.30. The first-order valence-corrected chi connectivity index (χ1v) is 8.40. The smallest absolute Gasteiger partial charge is 0.328 e. The first-order chi connectivity index (χ1) is 12.1. The number of aromatic nitrogens is 1. The summed E-state index contributed by atoms with van der Waals surface area (Å²) in [6, 6.07) is 6.37. The number of amides is 2. The molecule has 2 amide bonds. The molecule has 2 atom stereocenters. The average Bonchev–Trinajstić information content (AvgIpc) is 3.21. The lowest BCUT2D eigenvalue weighted by molar-refractivity contribution is -0.147. The SMILES string of the molecule is CCOC(=O)[C@H](Cc1c[nH]c2ccccc12)NC(=O)[C@@H]1CCC(=O)N1. The van der Waals surface area contributed by atoms with Crippen LogP contribution in [0.4, 0.5) is 0 Å². The molecular weight excluding hydrogens is 322 g/mol. The van der Waals surface area contributed by atoms with Crippen LogP contribution in [0.5, 0.6) is 0 Å². The lowest BCUT2D eigenvalue weighted by atomic mass is 10.0. The van der Waals surface area contributed by atoms with Crippen LogP contribution in [-0.2, 0) is 25.5 Å². The van der Waals surface area contributed by atoms with Crippen molar-refractivity contribution >= 4 is 28.7 Å². The van der Waals surface area contributed by atoms with E-state index in [0.717, 1.165) is 16.5 Å². The highest BCUT2D eigenvalue weighted by atomic mass is 16.5. The van der Waals surface area contributed by atoms with Gasteiger partial charge < -0.3 is 20.4 Å². The molecule has 0 unspecified atom stereocenters. The van der Waals surface area contributed by atoms with Gasteiger partial charge >= 0.3 is 5.97 Å².